The Hall–Kier alpha value is -0.550. The summed E-state index contributed by atoms with van der Waals surface area (Å²) in [6.07, 6.45) is 5.81. The van der Waals surface area contributed by atoms with Crippen LogP contribution in [0.3, 0.4) is 0 Å². The molecule has 0 aromatic carbocycles. The van der Waals surface area contributed by atoms with E-state index in [-0.39, 0.29) is 5.60 Å². The second-order valence-electron chi connectivity index (χ2n) is 4.48. The molecular weight excluding hydrogens is 179 g/mol. The smallest absolute Gasteiger partial charge is 0.149 e. The highest BCUT2D eigenvalue weighted by atomic mass is 19.1. The van der Waals surface area contributed by atoms with Gasteiger partial charge in [0, 0.05) is 0 Å². The molecule has 0 aliphatic carbocycles. The first kappa shape index (κ1) is 13.4. The van der Waals surface area contributed by atoms with Crippen LogP contribution in [0.1, 0.15) is 47.0 Å². The van der Waals surface area contributed by atoms with E-state index in [1.54, 1.807) is 0 Å². The lowest BCUT2D eigenvalue weighted by atomic mass is 10.1. The topological polar surface area (TPSA) is 9.23 Å². The Bertz CT molecular complexity index is 187. The van der Waals surface area contributed by atoms with Crippen molar-refractivity contribution in [2.75, 3.05) is 0 Å². The van der Waals surface area contributed by atoms with Crippen LogP contribution in [0.15, 0.2) is 0 Å². The summed E-state index contributed by atoms with van der Waals surface area (Å²) in [6, 6.07) is 0. The Morgan fingerprint density at radius 1 is 1.43 bits per heavy atom. The minimum Gasteiger partial charge on any atom is -0.357 e. The molecule has 2 atom stereocenters. The van der Waals surface area contributed by atoms with Gasteiger partial charge in [0.2, 0.25) is 0 Å². The van der Waals surface area contributed by atoms with Crippen molar-refractivity contribution in [2.45, 2.75) is 64.8 Å². The van der Waals surface area contributed by atoms with Crippen molar-refractivity contribution >= 4 is 0 Å². The number of unbranched alkanes of at least 4 members (excludes halogenated alkanes) is 1. The van der Waals surface area contributed by atoms with E-state index in [4.69, 9.17) is 11.2 Å². The average molecular weight is 200 g/mol. The lowest BCUT2D eigenvalue weighted by Crippen LogP contribution is -2.33. The molecule has 0 aliphatic heterocycles. The fraction of sp³-hybridized carbons (Fsp3) is 0.833. The van der Waals surface area contributed by atoms with Gasteiger partial charge >= 0.3 is 0 Å². The predicted molar refractivity (Wildman–Crippen MR) is 57.9 cm³/mol. The Balaban J connectivity index is 4.08. The summed E-state index contributed by atoms with van der Waals surface area (Å²) in [5.41, 5.74) is -0.381. The Kier molecular flexibility index (Phi) is 5.79. The lowest BCUT2D eigenvalue weighted by molar-refractivity contribution is -0.0654. The van der Waals surface area contributed by atoms with E-state index in [1.165, 1.54) is 0 Å². The van der Waals surface area contributed by atoms with Crippen LogP contribution in [-0.2, 0) is 4.74 Å². The lowest BCUT2D eigenvalue weighted by Gasteiger charge is -2.26. The molecule has 0 aromatic rings. The maximum Gasteiger partial charge on any atom is 0.149 e. The highest BCUT2D eigenvalue weighted by Crippen LogP contribution is 2.18. The molecule has 0 spiro atoms. The van der Waals surface area contributed by atoms with Crippen LogP contribution < -0.4 is 0 Å². The van der Waals surface area contributed by atoms with Gasteiger partial charge in [-0.3, -0.25) is 0 Å². The molecule has 0 saturated heterocycles. The zero-order valence-corrected chi connectivity index (χ0v) is 9.64. The van der Waals surface area contributed by atoms with Crippen molar-refractivity contribution in [1.82, 2.24) is 0 Å². The van der Waals surface area contributed by atoms with Crippen molar-refractivity contribution in [3.63, 3.8) is 0 Å². The largest absolute Gasteiger partial charge is 0.357 e. The molecule has 0 amide bonds. The molecule has 0 unspecified atom stereocenters. The van der Waals surface area contributed by atoms with Crippen LogP contribution in [0.2, 0.25) is 0 Å². The molecule has 82 valence electrons. The fourth-order valence-corrected chi connectivity index (χ4v) is 1.14. The quantitative estimate of drug-likeness (QED) is 0.618. The zero-order valence-electron chi connectivity index (χ0n) is 9.64. The number of halogens is 1. The first-order chi connectivity index (χ1) is 6.40. The maximum absolute atomic E-state index is 13.5. The summed E-state index contributed by atoms with van der Waals surface area (Å²) >= 11 is 0. The molecule has 0 radical (unpaired) electrons. The van der Waals surface area contributed by atoms with Gasteiger partial charge in [-0.1, -0.05) is 25.7 Å². The number of alkyl halides is 1. The number of terminal acetylenes is 1. The third-order valence-corrected chi connectivity index (χ3v) is 1.81. The van der Waals surface area contributed by atoms with Gasteiger partial charge in [0.25, 0.3) is 0 Å². The Morgan fingerprint density at radius 3 is 2.36 bits per heavy atom. The zero-order chi connectivity index (χ0) is 11.2. The van der Waals surface area contributed by atoms with Crippen molar-refractivity contribution < 1.29 is 9.13 Å². The van der Waals surface area contributed by atoms with Crippen LogP contribution in [0.25, 0.3) is 0 Å². The SMILES string of the molecule is C#C[C@H](OC(C)(C)C)[C@@H](F)CCCC. The van der Waals surface area contributed by atoms with Crippen molar-refractivity contribution in [2.24, 2.45) is 0 Å². The van der Waals surface area contributed by atoms with E-state index in [0.29, 0.717) is 6.42 Å². The van der Waals surface area contributed by atoms with Gasteiger partial charge in [0.15, 0.2) is 0 Å². The monoisotopic (exact) mass is 200 g/mol. The third-order valence-electron chi connectivity index (χ3n) is 1.81. The molecular formula is C12H21FO. The Morgan fingerprint density at radius 2 is 2.00 bits per heavy atom. The molecule has 0 aliphatic rings. The summed E-state index contributed by atoms with van der Waals surface area (Å²) in [7, 11) is 0. The van der Waals surface area contributed by atoms with Crippen LogP contribution in [0, 0.1) is 12.3 Å². The number of hydrogen-bond donors (Lipinski definition) is 0. The van der Waals surface area contributed by atoms with Crippen molar-refractivity contribution in [3.05, 3.63) is 0 Å². The van der Waals surface area contributed by atoms with Gasteiger partial charge in [-0.15, -0.1) is 6.42 Å². The van der Waals surface area contributed by atoms with Crippen molar-refractivity contribution in [1.29, 1.82) is 0 Å². The third kappa shape index (κ3) is 5.99. The standard InChI is InChI=1S/C12H21FO/c1-6-8-9-10(13)11(7-2)14-12(3,4)5/h2,10-11H,6,8-9H2,1,3-5H3/t10-,11-/m0/s1. The van der Waals surface area contributed by atoms with Crippen LogP contribution in [0.5, 0.6) is 0 Å². The first-order valence-electron chi connectivity index (χ1n) is 5.18. The second-order valence-corrected chi connectivity index (χ2v) is 4.48. The van der Waals surface area contributed by atoms with Gasteiger partial charge in [0.1, 0.15) is 12.3 Å². The average Bonchev–Trinajstić information content (AvgIpc) is 2.08. The van der Waals surface area contributed by atoms with E-state index in [1.807, 2.05) is 27.7 Å². The number of rotatable bonds is 5. The molecule has 0 fully saturated rings. The molecule has 1 nitrogen and oxygen atoms in total. The molecule has 2 heteroatoms. The van der Waals surface area contributed by atoms with Gasteiger partial charge in [-0.25, -0.2) is 4.39 Å². The fourth-order valence-electron chi connectivity index (χ4n) is 1.14. The molecule has 0 bridgehead atoms. The highest BCUT2D eigenvalue weighted by molar-refractivity contribution is 4.99. The van der Waals surface area contributed by atoms with Crippen molar-refractivity contribution in [3.8, 4) is 12.3 Å². The predicted octanol–water partition coefficient (Wildman–Crippen LogP) is 3.33. The van der Waals surface area contributed by atoms with E-state index in [9.17, 15) is 4.39 Å². The summed E-state index contributed by atoms with van der Waals surface area (Å²) in [5, 5.41) is 0. The highest BCUT2D eigenvalue weighted by Gasteiger charge is 2.24. The normalized spacial score (nSPS) is 16.0. The summed E-state index contributed by atoms with van der Waals surface area (Å²) in [6.45, 7) is 7.67. The van der Waals surface area contributed by atoms with E-state index < -0.39 is 12.3 Å². The van der Waals surface area contributed by atoms with Crippen LogP contribution in [-0.4, -0.2) is 17.9 Å². The molecule has 0 heterocycles. The molecule has 0 aromatic heterocycles. The second kappa shape index (κ2) is 6.03. The van der Waals surface area contributed by atoms with Gasteiger partial charge in [-0.2, -0.15) is 0 Å². The van der Waals surface area contributed by atoms with E-state index in [2.05, 4.69) is 5.92 Å². The van der Waals surface area contributed by atoms with Gasteiger partial charge < -0.3 is 4.74 Å². The maximum atomic E-state index is 13.5. The van der Waals surface area contributed by atoms with Crippen LogP contribution >= 0.6 is 0 Å². The molecule has 0 saturated carbocycles. The molecule has 0 rings (SSSR count). The first-order valence-corrected chi connectivity index (χ1v) is 5.18. The van der Waals surface area contributed by atoms with Gasteiger partial charge in [0.05, 0.1) is 5.60 Å². The summed E-state index contributed by atoms with van der Waals surface area (Å²) in [5.74, 6) is 2.37. The summed E-state index contributed by atoms with van der Waals surface area (Å²) in [4.78, 5) is 0. The van der Waals surface area contributed by atoms with E-state index >= 15 is 0 Å². The van der Waals surface area contributed by atoms with E-state index in [0.717, 1.165) is 12.8 Å². The Labute approximate surface area is 87.0 Å². The molecule has 14 heavy (non-hydrogen) atoms. The minimum atomic E-state index is -1.04. The number of hydrogen-bond acceptors (Lipinski definition) is 1. The van der Waals surface area contributed by atoms with Gasteiger partial charge in [-0.05, 0) is 27.2 Å². The van der Waals surface area contributed by atoms with Crippen LogP contribution in [0.4, 0.5) is 4.39 Å². The number of ether oxygens (including phenoxy) is 1. The molecule has 0 N–H and O–H groups in total. The summed E-state index contributed by atoms with van der Waals surface area (Å²) < 4.78 is 19.0. The minimum absolute atomic E-state index is 0.381.